The second-order valence-electron chi connectivity index (χ2n) is 3.67. The molecule has 0 spiro atoms. The summed E-state index contributed by atoms with van der Waals surface area (Å²) in [5, 5.41) is 12.1. The number of hydrogen-bond acceptors (Lipinski definition) is 2. The van der Waals surface area contributed by atoms with E-state index >= 15 is 0 Å². The van der Waals surface area contributed by atoms with Crippen LogP contribution in [0.5, 0.6) is 0 Å². The predicted octanol–water partition coefficient (Wildman–Crippen LogP) is 1.93. The van der Waals surface area contributed by atoms with E-state index in [1.807, 2.05) is 0 Å². The van der Waals surface area contributed by atoms with E-state index in [4.69, 9.17) is 5.26 Å². The highest BCUT2D eigenvalue weighted by molar-refractivity contribution is 4.88. The number of nitrogens with one attached hydrogen (secondary N) is 1. The molecule has 68 valence electrons. The van der Waals surface area contributed by atoms with E-state index < -0.39 is 0 Å². The Labute approximate surface area is 75.0 Å². The summed E-state index contributed by atoms with van der Waals surface area (Å²) < 4.78 is 0. The summed E-state index contributed by atoms with van der Waals surface area (Å²) in [7, 11) is 0. The quantitative estimate of drug-likeness (QED) is 0.695. The molecule has 2 unspecified atom stereocenters. The summed E-state index contributed by atoms with van der Waals surface area (Å²) in [6.07, 6.45) is 4.79. The molecule has 0 radical (unpaired) electrons. The van der Waals surface area contributed by atoms with E-state index in [0.717, 1.165) is 31.8 Å². The zero-order valence-corrected chi connectivity index (χ0v) is 7.84. The fraction of sp³-hybridized carbons (Fsp3) is 0.900. The first-order valence-electron chi connectivity index (χ1n) is 4.97. The van der Waals surface area contributed by atoms with Crippen molar-refractivity contribution < 1.29 is 0 Å². The molecule has 1 rings (SSSR count). The predicted molar refractivity (Wildman–Crippen MR) is 49.6 cm³/mol. The van der Waals surface area contributed by atoms with E-state index in [-0.39, 0.29) is 0 Å². The molecular formula is C10H18N2. The van der Waals surface area contributed by atoms with Crippen molar-refractivity contribution in [3.05, 3.63) is 0 Å². The standard InChI is InChI=1S/C10H18N2/c1-2-12-8-10-5-3-4-9(6-10)7-11/h9-10,12H,2-6,8H2,1H3. The summed E-state index contributed by atoms with van der Waals surface area (Å²) in [5.41, 5.74) is 0. The first-order chi connectivity index (χ1) is 5.86. The third-order valence-corrected chi connectivity index (χ3v) is 2.65. The Morgan fingerprint density at radius 3 is 3.00 bits per heavy atom. The van der Waals surface area contributed by atoms with E-state index in [9.17, 15) is 0 Å². The van der Waals surface area contributed by atoms with E-state index in [0.29, 0.717) is 5.92 Å². The van der Waals surface area contributed by atoms with Gasteiger partial charge in [0, 0.05) is 5.92 Å². The molecule has 0 aromatic heterocycles. The van der Waals surface area contributed by atoms with E-state index in [1.54, 1.807) is 0 Å². The Hall–Kier alpha value is -0.550. The molecule has 2 heteroatoms. The third-order valence-electron chi connectivity index (χ3n) is 2.65. The van der Waals surface area contributed by atoms with Gasteiger partial charge in [-0.2, -0.15) is 5.26 Å². The highest BCUT2D eigenvalue weighted by Crippen LogP contribution is 2.27. The first-order valence-corrected chi connectivity index (χ1v) is 4.97. The van der Waals surface area contributed by atoms with Crippen molar-refractivity contribution in [1.29, 1.82) is 5.26 Å². The Morgan fingerprint density at radius 1 is 1.50 bits per heavy atom. The molecule has 0 amide bonds. The Balaban J connectivity index is 2.22. The maximum atomic E-state index is 8.76. The third kappa shape index (κ3) is 2.83. The molecule has 2 nitrogen and oxygen atoms in total. The zero-order chi connectivity index (χ0) is 8.81. The lowest BCUT2D eigenvalue weighted by Gasteiger charge is -2.25. The Kier molecular flexibility index (Phi) is 4.10. The maximum absolute atomic E-state index is 8.76. The van der Waals surface area contributed by atoms with Crippen molar-refractivity contribution in [2.45, 2.75) is 32.6 Å². The summed E-state index contributed by atoms with van der Waals surface area (Å²) >= 11 is 0. The number of hydrogen-bond donors (Lipinski definition) is 1. The minimum Gasteiger partial charge on any atom is -0.317 e. The number of rotatable bonds is 3. The van der Waals surface area contributed by atoms with Gasteiger partial charge in [-0.3, -0.25) is 0 Å². The molecular weight excluding hydrogens is 148 g/mol. The van der Waals surface area contributed by atoms with Gasteiger partial charge in [0.25, 0.3) is 0 Å². The van der Waals surface area contributed by atoms with Crippen molar-refractivity contribution in [3.63, 3.8) is 0 Å². The second kappa shape index (κ2) is 5.16. The Morgan fingerprint density at radius 2 is 2.33 bits per heavy atom. The maximum Gasteiger partial charge on any atom is 0.0655 e. The molecule has 0 heterocycles. The van der Waals surface area contributed by atoms with Crippen molar-refractivity contribution in [2.75, 3.05) is 13.1 Å². The molecule has 0 saturated heterocycles. The van der Waals surface area contributed by atoms with Gasteiger partial charge in [-0.15, -0.1) is 0 Å². The molecule has 1 aliphatic carbocycles. The van der Waals surface area contributed by atoms with E-state index in [1.165, 1.54) is 12.8 Å². The van der Waals surface area contributed by atoms with Crippen LogP contribution in [-0.2, 0) is 0 Å². The summed E-state index contributed by atoms with van der Waals surface area (Å²) in [5.74, 6) is 1.09. The van der Waals surface area contributed by atoms with Gasteiger partial charge >= 0.3 is 0 Å². The molecule has 12 heavy (non-hydrogen) atoms. The van der Waals surface area contributed by atoms with Crippen molar-refractivity contribution >= 4 is 0 Å². The van der Waals surface area contributed by atoms with Gasteiger partial charge in [0.1, 0.15) is 0 Å². The lowest BCUT2D eigenvalue weighted by molar-refractivity contribution is 0.300. The average molecular weight is 166 g/mol. The van der Waals surface area contributed by atoms with Crippen LogP contribution in [0.1, 0.15) is 32.6 Å². The van der Waals surface area contributed by atoms with Crippen LogP contribution in [0, 0.1) is 23.2 Å². The zero-order valence-electron chi connectivity index (χ0n) is 7.84. The van der Waals surface area contributed by atoms with Crippen LogP contribution < -0.4 is 5.32 Å². The van der Waals surface area contributed by atoms with Gasteiger partial charge in [-0.1, -0.05) is 13.3 Å². The first kappa shape index (κ1) is 9.54. The fourth-order valence-corrected chi connectivity index (χ4v) is 1.94. The summed E-state index contributed by atoms with van der Waals surface area (Å²) in [6.45, 7) is 4.28. The molecule has 1 aliphatic rings. The van der Waals surface area contributed by atoms with Crippen LogP contribution in [0.2, 0.25) is 0 Å². The van der Waals surface area contributed by atoms with E-state index in [2.05, 4.69) is 18.3 Å². The molecule has 0 aromatic carbocycles. The van der Waals surface area contributed by atoms with Crippen molar-refractivity contribution in [1.82, 2.24) is 5.32 Å². The topological polar surface area (TPSA) is 35.8 Å². The summed E-state index contributed by atoms with van der Waals surface area (Å²) in [4.78, 5) is 0. The van der Waals surface area contributed by atoms with Gasteiger partial charge in [0.2, 0.25) is 0 Å². The van der Waals surface area contributed by atoms with Gasteiger partial charge in [-0.25, -0.2) is 0 Å². The molecule has 0 bridgehead atoms. The number of nitriles is 1. The molecule has 0 aromatic rings. The lowest BCUT2D eigenvalue weighted by Crippen LogP contribution is -2.26. The lowest BCUT2D eigenvalue weighted by atomic mass is 9.82. The molecule has 1 fully saturated rings. The highest BCUT2D eigenvalue weighted by atomic mass is 14.8. The van der Waals surface area contributed by atoms with Gasteiger partial charge in [-0.05, 0) is 38.3 Å². The molecule has 1 saturated carbocycles. The molecule has 0 aliphatic heterocycles. The summed E-state index contributed by atoms with van der Waals surface area (Å²) in [6, 6.07) is 2.38. The second-order valence-corrected chi connectivity index (χ2v) is 3.67. The smallest absolute Gasteiger partial charge is 0.0655 e. The molecule has 2 atom stereocenters. The SMILES string of the molecule is CCNCC1CCCC(C#N)C1. The number of nitrogens with zero attached hydrogens (tertiary/aromatic N) is 1. The minimum atomic E-state index is 0.336. The normalized spacial score (nSPS) is 29.7. The fourth-order valence-electron chi connectivity index (χ4n) is 1.94. The molecule has 1 N–H and O–H groups in total. The monoisotopic (exact) mass is 166 g/mol. The van der Waals surface area contributed by atoms with Crippen LogP contribution in [0.4, 0.5) is 0 Å². The van der Waals surface area contributed by atoms with Crippen LogP contribution >= 0.6 is 0 Å². The van der Waals surface area contributed by atoms with Crippen molar-refractivity contribution in [3.8, 4) is 6.07 Å². The van der Waals surface area contributed by atoms with Gasteiger partial charge in [0.15, 0.2) is 0 Å². The van der Waals surface area contributed by atoms with Crippen LogP contribution in [-0.4, -0.2) is 13.1 Å². The van der Waals surface area contributed by atoms with Crippen molar-refractivity contribution in [2.24, 2.45) is 11.8 Å². The van der Waals surface area contributed by atoms with Gasteiger partial charge in [0.05, 0.1) is 6.07 Å². The largest absolute Gasteiger partial charge is 0.317 e. The van der Waals surface area contributed by atoms with Crippen LogP contribution in [0.15, 0.2) is 0 Å². The van der Waals surface area contributed by atoms with Crippen LogP contribution in [0.3, 0.4) is 0 Å². The highest BCUT2D eigenvalue weighted by Gasteiger charge is 2.20. The van der Waals surface area contributed by atoms with Gasteiger partial charge < -0.3 is 5.32 Å². The average Bonchev–Trinajstić information content (AvgIpc) is 2.15. The Bertz CT molecular complexity index is 160. The van der Waals surface area contributed by atoms with Crippen LogP contribution in [0.25, 0.3) is 0 Å². The minimum absolute atomic E-state index is 0.336.